The molecule has 6 heteroatoms. The number of hydrogen-bond donors (Lipinski definition) is 2. The number of carboxylic acid groups (broad SMARTS) is 1. The van der Waals surface area contributed by atoms with E-state index in [2.05, 4.69) is 15.2 Å². The van der Waals surface area contributed by atoms with Gasteiger partial charge in [-0.2, -0.15) is 0 Å². The third kappa shape index (κ3) is 5.44. The van der Waals surface area contributed by atoms with Crippen molar-refractivity contribution in [3.05, 3.63) is 30.1 Å². The van der Waals surface area contributed by atoms with Gasteiger partial charge in [-0.3, -0.25) is 19.5 Å². The largest absolute Gasteiger partial charge is 0.481 e. The van der Waals surface area contributed by atoms with E-state index in [0.717, 1.165) is 25.1 Å². The normalized spacial score (nSPS) is 21.6. The van der Waals surface area contributed by atoms with Crippen molar-refractivity contribution < 1.29 is 14.7 Å². The maximum atomic E-state index is 11.8. The number of carbonyl (C=O) groups is 2. The molecule has 0 aromatic carbocycles. The molecule has 6 nitrogen and oxygen atoms in total. The number of nitrogens with one attached hydrogen (secondary N) is 1. The molecule has 1 unspecified atom stereocenters. The molecule has 1 fully saturated rings. The standard InChI is InChI=1S/C16H23N3O3/c20-15-6-11-19(12-13-3-7-17-8-4-13)10-1-2-14(16(21)22)5-9-18-15/h3-4,7-8,14H,1-2,5-6,9-12H2,(H,18,20)(H,21,22). The molecule has 0 spiro atoms. The molecule has 1 aromatic rings. The van der Waals surface area contributed by atoms with Gasteiger partial charge in [0.15, 0.2) is 0 Å². The summed E-state index contributed by atoms with van der Waals surface area (Å²) in [5.74, 6) is -1.15. The van der Waals surface area contributed by atoms with Crippen molar-refractivity contribution in [3.63, 3.8) is 0 Å². The van der Waals surface area contributed by atoms with E-state index in [4.69, 9.17) is 0 Å². The van der Waals surface area contributed by atoms with E-state index in [-0.39, 0.29) is 11.8 Å². The molecule has 2 N–H and O–H groups in total. The smallest absolute Gasteiger partial charge is 0.306 e. The van der Waals surface area contributed by atoms with Crippen molar-refractivity contribution in [2.75, 3.05) is 19.6 Å². The van der Waals surface area contributed by atoms with E-state index in [0.29, 0.717) is 32.4 Å². The third-order valence-electron chi connectivity index (χ3n) is 4.00. The van der Waals surface area contributed by atoms with Gasteiger partial charge in [-0.1, -0.05) is 0 Å². The summed E-state index contributed by atoms with van der Waals surface area (Å²) in [6.45, 7) is 2.69. The molecule has 0 saturated carbocycles. The zero-order valence-electron chi connectivity index (χ0n) is 12.7. The minimum Gasteiger partial charge on any atom is -0.481 e. The van der Waals surface area contributed by atoms with Gasteiger partial charge in [0, 0.05) is 38.4 Å². The first-order valence-electron chi connectivity index (χ1n) is 7.76. The molecule has 2 rings (SSSR count). The monoisotopic (exact) mass is 305 g/mol. The molecule has 1 atom stereocenters. The summed E-state index contributed by atoms with van der Waals surface area (Å²) in [5, 5.41) is 12.0. The van der Waals surface area contributed by atoms with Gasteiger partial charge >= 0.3 is 5.97 Å². The van der Waals surface area contributed by atoms with Crippen molar-refractivity contribution >= 4 is 11.9 Å². The molecule has 0 bridgehead atoms. The molecule has 0 radical (unpaired) electrons. The lowest BCUT2D eigenvalue weighted by Gasteiger charge is -2.22. The lowest BCUT2D eigenvalue weighted by Crippen LogP contribution is -2.31. The fourth-order valence-electron chi connectivity index (χ4n) is 2.70. The van der Waals surface area contributed by atoms with Gasteiger partial charge in [-0.15, -0.1) is 0 Å². The van der Waals surface area contributed by atoms with E-state index < -0.39 is 5.97 Å². The first-order valence-corrected chi connectivity index (χ1v) is 7.76. The molecule has 2 heterocycles. The van der Waals surface area contributed by atoms with Gasteiger partial charge in [0.05, 0.1) is 5.92 Å². The van der Waals surface area contributed by atoms with Crippen LogP contribution in [0.25, 0.3) is 0 Å². The van der Waals surface area contributed by atoms with Crippen molar-refractivity contribution in [2.24, 2.45) is 5.92 Å². The number of pyridine rings is 1. The maximum absolute atomic E-state index is 11.8. The molecule has 1 aromatic heterocycles. The number of aliphatic carboxylic acids is 1. The summed E-state index contributed by atoms with van der Waals surface area (Å²) in [6, 6.07) is 3.93. The zero-order chi connectivity index (χ0) is 15.8. The van der Waals surface area contributed by atoms with E-state index in [1.165, 1.54) is 0 Å². The summed E-state index contributed by atoms with van der Waals surface area (Å²) < 4.78 is 0. The minimum atomic E-state index is -0.769. The highest BCUT2D eigenvalue weighted by molar-refractivity contribution is 5.76. The van der Waals surface area contributed by atoms with Gasteiger partial charge in [-0.25, -0.2) is 0 Å². The molecule has 0 aliphatic carbocycles. The fourth-order valence-corrected chi connectivity index (χ4v) is 2.70. The van der Waals surface area contributed by atoms with Crippen molar-refractivity contribution in [2.45, 2.75) is 32.2 Å². The number of hydrogen-bond acceptors (Lipinski definition) is 4. The topological polar surface area (TPSA) is 82.5 Å². The van der Waals surface area contributed by atoms with Crippen LogP contribution in [0.15, 0.2) is 24.5 Å². The van der Waals surface area contributed by atoms with Crippen LogP contribution in [0, 0.1) is 5.92 Å². The number of amides is 1. The Morgan fingerprint density at radius 2 is 2.09 bits per heavy atom. The number of aromatic nitrogens is 1. The summed E-state index contributed by atoms with van der Waals surface area (Å²) in [6.07, 6.45) is 5.95. The van der Waals surface area contributed by atoms with Crippen LogP contribution in [-0.2, 0) is 16.1 Å². The molecule has 1 aliphatic rings. The number of rotatable bonds is 3. The Balaban J connectivity index is 1.97. The van der Waals surface area contributed by atoms with Crippen LogP contribution in [0.4, 0.5) is 0 Å². The Morgan fingerprint density at radius 3 is 2.82 bits per heavy atom. The van der Waals surface area contributed by atoms with E-state index in [9.17, 15) is 14.7 Å². The van der Waals surface area contributed by atoms with Crippen LogP contribution in [0.3, 0.4) is 0 Å². The van der Waals surface area contributed by atoms with E-state index in [1.54, 1.807) is 12.4 Å². The molecular formula is C16H23N3O3. The first-order chi connectivity index (χ1) is 10.6. The van der Waals surface area contributed by atoms with Gasteiger partial charge in [0.1, 0.15) is 0 Å². The molecule has 1 aliphatic heterocycles. The van der Waals surface area contributed by atoms with Crippen LogP contribution >= 0.6 is 0 Å². The second kappa shape index (κ2) is 8.48. The predicted octanol–water partition coefficient (Wildman–Crippen LogP) is 1.27. The number of carbonyl (C=O) groups excluding carboxylic acids is 1. The molecule has 120 valence electrons. The van der Waals surface area contributed by atoms with Gasteiger partial charge in [0.2, 0.25) is 5.91 Å². The van der Waals surface area contributed by atoms with Crippen LogP contribution in [0.1, 0.15) is 31.2 Å². The highest BCUT2D eigenvalue weighted by Gasteiger charge is 2.19. The highest BCUT2D eigenvalue weighted by atomic mass is 16.4. The molecule has 22 heavy (non-hydrogen) atoms. The van der Waals surface area contributed by atoms with Gasteiger partial charge < -0.3 is 10.4 Å². The van der Waals surface area contributed by atoms with E-state index >= 15 is 0 Å². The van der Waals surface area contributed by atoms with E-state index in [1.807, 2.05) is 12.1 Å². The number of nitrogens with zero attached hydrogens (tertiary/aromatic N) is 2. The van der Waals surface area contributed by atoms with Crippen LogP contribution < -0.4 is 5.32 Å². The molecule has 1 amide bonds. The predicted molar refractivity (Wildman–Crippen MR) is 82.1 cm³/mol. The fraction of sp³-hybridized carbons (Fsp3) is 0.562. The Morgan fingerprint density at radius 1 is 1.32 bits per heavy atom. The second-order valence-corrected chi connectivity index (χ2v) is 5.70. The molecule has 1 saturated heterocycles. The highest BCUT2D eigenvalue weighted by Crippen LogP contribution is 2.14. The Bertz CT molecular complexity index is 493. The van der Waals surface area contributed by atoms with Crippen molar-refractivity contribution in [1.29, 1.82) is 0 Å². The quantitative estimate of drug-likeness (QED) is 0.879. The van der Waals surface area contributed by atoms with Crippen molar-refractivity contribution in [1.82, 2.24) is 15.2 Å². The second-order valence-electron chi connectivity index (χ2n) is 5.70. The summed E-state index contributed by atoms with van der Waals surface area (Å²) in [4.78, 5) is 29.2. The SMILES string of the molecule is O=C1CCN(Cc2ccncc2)CCCC(C(=O)O)CCN1. The zero-order valence-corrected chi connectivity index (χ0v) is 12.7. The van der Waals surface area contributed by atoms with Crippen LogP contribution in [0.5, 0.6) is 0 Å². The number of carboxylic acids is 1. The molecular weight excluding hydrogens is 282 g/mol. The summed E-state index contributed by atoms with van der Waals surface area (Å²) in [5.41, 5.74) is 1.15. The van der Waals surface area contributed by atoms with Crippen LogP contribution in [-0.4, -0.2) is 46.5 Å². The van der Waals surface area contributed by atoms with Gasteiger partial charge in [0.25, 0.3) is 0 Å². The Kier molecular flexibility index (Phi) is 6.33. The first kappa shape index (κ1) is 16.4. The minimum absolute atomic E-state index is 0.00855. The average molecular weight is 305 g/mol. The maximum Gasteiger partial charge on any atom is 0.306 e. The van der Waals surface area contributed by atoms with Crippen LogP contribution in [0.2, 0.25) is 0 Å². The Labute approximate surface area is 130 Å². The van der Waals surface area contributed by atoms with Gasteiger partial charge in [-0.05, 0) is 43.5 Å². The third-order valence-corrected chi connectivity index (χ3v) is 4.00. The average Bonchev–Trinajstić information content (AvgIpc) is 2.54. The lowest BCUT2D eigenvalue weighted by molar-refractivity contribution is -0.142. The summed E-state index contributed by atoms with van der Waals surface area (Å²) >= 11 is 0. The lowest BCUT2D eigenvalue weighted by atomic mass is 9.99. The van der Waals surface area contributed by atoms with Crippen molar-refractivity contribution in [3.8, 4) is 0 Å². The Hall–Kier alpha value is -1.95. The summed E-state index contributed by atoms with van der Waals surface area (Å²) in [7, 11) is 0.